The van der Waals surface area contributed by atoms with Gasteiger partial charge < -0.3 is 19.4 Å². The average molecular weight is 580 g/mol. The predicted molar refractivity (Wildman–Crippen MR) is 165 cm³/mol. The maximum Gasteiger partial charge on any atom is 0.259 e. The van der Waals surface area contributed by atoms with Crippen LogP contribution in [0.5, 0.6) is 5.75 Å². The van der Waals surface area contributed by atoms with Gasteiger partial charge >= 0.3 is 0 Å². The highest BCUT2D eigenvalue weighted by Gasteiger charge is 2.33. The van der Waals surface area contributed by atoms with Gasteiger partial charge in [0.15, 0.2) is 0 Å². The van der Waals surface area contributed by atoms with E-state index in [0.29, 0.717) is 59.3 Å². The van der Waals surface area contributed by atoms with Crippen LogP contribution in [0.15, 0.2) is 94.7 Å². The Bertz CT molecular complexity index is 1710. The number of carbonyl (C=O) groups excluding carboxylic acids is 2. The molecule has 0 N–H and O–H groups in total. The molecule has 0 aliphatic carbocycles. The van der Waals surface area contributed by atoms with Crippen LogP contribution in [-0.4, -0.2) is 54.2 Å². The Balaban J connectivity index is 1.33. The first kappa shape index (κ1) is 27.7. The first-order valence-electron chi connectivity index (χ1n) is 14.1. The largest absolute Gasteiger partial charge is 0.495 e. The molecule has 1 fully saturated rings. The van der Waals surface area contributed by atoms with E-state index in [0.717, 1.165) is 28.1 Å². The lowest BCUT2D eigenvalue weighted by Gasteiger charge is -2.36. The molecule has 0 radical (unpaired) electrons. The number of hydrogen-bond acceptors (Lipinski definition) is 5. The number of benzene rings is 4. The minimum absolute atomic E-state index is 0.107. The molecular formula is C34H33N3O4S. The van der Waals surface area contributed by atoms with Gasteiger partial charge in [-0.3, -0.25) is 9.59 Å². The molecule has 4 aromatic carbocycles. The molecule has 2 amide bonds. The van der Waals surface area contributed by atoms with Gasteiger partial charge in [-0.15, -0.1) is 0 Å². The molecule has 0 saturated carbocycles. The molecule has 4 aromatic rings. The number of carbonyl (C=O) groups is 2. The van der Waals surface area contributed by atoms with Crippen LogP contribution in [0.1, 0.15) is 37.4 Å². The monoisotopic (exact) mass is 579 g/mol. The van der Waals surface area contributed by atoms with Crippen LogP contribution in [0.3, 0.4) is 0 Å². The zero-order chi connectivity index (χ0) is 29.4. The van der Waals surface area contributed by atoms with Crippen LogP contribution in [0, 0.1) is 13.8 Å². The van der Waals surface area contributed by atoms with Crippen molar-refractivity contribution in [3.05, 3.63) is 113 Å². The second kappa shape index (κ2) is 11.4. The lowest BCUT2D eigenvalue weighted by molar-refractivity contribution is 0.0746. The molecule has 2 aliphatic rings. The molecule has 6 rings (SSSR count). The van der Waals surface area contributed by atoms with Crippen molar-refractivity contribution in [3.8, 4) is 5.75 Å². The van der Waals surface area contributed by atoms with E-state index < -0.39 is 10.8 Å². The lowest BCUT2D eigenvalue weighted by atomic mass is 10.0. The van der Waals surface area contributed by atoms with E-state index in [4.69, 9.17) is 4.74 Å². The highest BCUT2D eigenvalue weighted by atomic mass is 32.2. The first-order chi connectivity index (χ1) is 20.4. The smallest absolute Gasteiger partial charge is 0.259 e. The minimum atomic E-state index is -1.58. The fourth-order valence-corrected chi connectivity index (χ4v) is 7.06. The van der Waals surface area contributed by atoms with Gasteiger partial charge in [-0.25, -0.2) is 4.21 Å². The standard InChI is InChI=1S/C34H33N3O4S/c1-23-12-13-24(2)26(20-23)22-37-29-21-25(14-15-32(29)42(40)31-11-7-4-8-27(31)34(37)39)33(38)36-18-16-35(17-19-36)28-9-5-6-10-30(28)41-3/h4-15,20-21H,16-19,22H2,1-3H3/t42-/m1/s1. The summed E-state index contributed by atoms with van der Waals surface area (Å²) >= 11 is 0. The summed E-state index contributed by atoms with van der Waals surface area (Å²) in [6.07, 6.45) is 0. The quantitative estimate of drug-likeness (QED) is 0.308. The number of nitrogens with zero attached hydrogens (tertiary/aromatic N) is 3. The number of para-hydroxylation sites is 2. The molecule has 7 nitrogen and oxygen atoms in total. The van der Waals surface area contributed by atoms with E-state index in [1.165, 1.54) is 0 Å². The Kier molecular flexibility index (Phi) is 7.56. The lowest BCUT2D eigenvalue weighted by Crippen LogP contribution is -2.48. The Hall–Kier alpha value is -4.43. The molecule has 0 unspecified atom stereocenters. The van der Waals surface area contributed by atoms with Crippen LogP contribution in [0.2, 0.25) is 0 Å². The van der Waals surface area contributed by atoms with Crippen molar-refractivity contribution in [1.29, 1.82) is 0 Å². The van der Waals surface area contributed by atoms with Crippen molar-refractivity contribution in [2.75, 3.05) is 43.1 Å². The third kappa shape index (κ3) is 5.07. The van der Waals surface area contributed by atoms with Gasteiger partial charge in [0.2, 0.25) is 0 Å². The molecule has 2 aliphatic heterocycles. The summed E-state index contributed by atoms with van der Waals surface area (Å²) < 4.78 is 19.4. The fraction of sp³-hybridized carbons (Fsp3) is 0.235. The Morgan fingerprint density at radius 2 is 1.57 bits per heavy atom. The summed E-state index contributed by atoms with van der Waals surface area (Å²) in [7, 11) is 0.0855. The van der Waals surface area contributed by atoms with E-state index in [9.17, 15) is 13.8 Å². The highest BCUT2D eigenvalue weighted by molar-refractivity contribution is 7.85. The second-order valence-corrected chi connectivity index (χ2v) is 12.1. The van der Waals surface area contributed by atoms with Gasteiger partial charge in [0.1, 0.15) is 5.75 Å². The van der Waals surface area contributed by atoms with Crippen LogP contribution in [0.25, 0.3) is 0 Å². The molecule has 1 atom stereocenters. The number of rotatable bonds is 5. The normalized spacial score (nSPS) is 16.5. The number of ether oxygens (including phenoxy) is 1. The van der Waals surface area contributed by atoms with Crippen LogP contribution in [0.4, 0.5) is 11.4 Å². The van der Waals surface area contributed by atoms with Crippen molar-refractivity contribution >= 4 is 34.0 Å². The van der Waals surface area contributed by atoms with Gasteiger partial charge in [0.05, 0.1) is 51.2 Å². The van der Waals surface area contributed by atoms with Crippen LogP contribution < -0.4 is 14.5 Å². The van der Waals surface area contributed by atoms with Crippen molar-refractivity contribution in [2.45, 2.75) is 30.2 Å². The van der Waals surface area contributed by atoms with E-state index in [-0.39, 0.29) is 11.8 Å². The van der Waals surface area contributed by atoms with Crippen LogP contribution in [-0.2, 0) is 17.3 Å². The van der Waals surface area contributed by atoms with Crippen molar-refractivity contribution < 1.29 is 18.5 Å². The maximum atomic E-state index is 14.0. The zero-order valence-corrected chi connectivity index (χ0v) is 24.8. The summed E-state index contributed by atoms with van der Waals surface area (Å²) in [5.41, 5.74) is 5.57. The number of anilines is 2. The third-order valence-electron chi connectivity index (χ3n) is 8.08. The molecule has 0 aromatic heterocycles. The van der Waals surface area contributed by atoms with Gasteiger partial charge in [0, 0.05) is 31.7 Å². The van der Waals surface area contributed by atoms with Crippen LogP contribution >= 0.6 is 0 Å². The summed E-state index contributed by atoms with van der Waals surface area (Å²) in [6, 6.07) is 26.4. The topological polar surface area (TPSA) is 70.2 Å². The summed E-state index contributed by atoms with van der Waals surface area (Å²) in [5.74, 6) is 0.475. The molecule has 0 spiro atoms. The average Bonchev–Trinajstić information content (AvgIpc) is 3.11. The van der Waals surface area contributed by atoms with Gasteiger partial charge in [-0.1, -0.05) is 48.0 Å². The van der Waals surface area contributed by atoms with E-state index in [2.05, 4.69) is 11.0 Å². The predicted octanol–water partition coefficient (Wildman–Crippen LogP) is 5.60. The first-order valence-corrected chi connectivity index (χ1v) is 15.2. The fourth-order valence-electron chi connectivity index (χ4n) is 5.72. The summed E-state index contributed by atoms with van der Waals surface area (Å²) in [6.45, 7) is 6.80. The zero-order valence-electron chi connectivity index (χ0n) is 24.0. The molecule has 2 heterocycles. The van der Waals surface area contributed by atoms with Crippen molar-refractivity contribution in [1.82, 2.24) is 4.90 Å². The van der Waals surface area contributed by atoms with E-state index >= 15 is 0 Å². The maximum absolute atomic E-state index is 14.0. The molecule has 8 heteroatoms. The van der Waals surface area contributed by atoms with E-state index in [1.54, 1.807) is 54.5 Å². The number of hydrogen-bond donors (Lipinski definition) is 0. The number of aryl methyl sites for hydroxylation is 2. The van der Waals surface area contributed by atoms with Gasteiger partial charge in [-0.2, -0.15) is 0 Å². The number of methoxy groups -OCH3 is 1. The van der Waals surface area contributed by atoms with Crippen molar-refractivity contribution in [3.63, 3.8) is 0 Å². The molecule has 42 heavy (non-hydrogen) atoms. The summed E-state index contributed by atoms with van der Waals surface area (Å²) in [4.78, 5) is 34.6. The third-order valence-corrected chi connectivity index (χ3v) is 9.58. The molecule has 0 bridgehead atoms. The minimum Gasteiger partial charge on any atom is -0.495 e. The summed E-state index contributed by atoms with van der Waals surface area (Å²) in [5, 5.41) is 0. The Morgan fingerprint density at radius 1 is 0.833 bits per heavy atom. The number of piperazine rings is 1. The number of fused-ring (bicyclic) bond motifs is 2. The molecular weight excluding hydrogens is 546 g/mol. The number of amides is 2. The molecule has 1 saturated heterocycles. The molecule has 214 valence electrons. The SMILES string of the molecule is COc1ccccc1N1CCN(C(=O)c2ccc3c(c2)N(Cc2cc(C)ccc2C)C(=O)c2ccccc2[S@]3=O)CC1. The second-order valence-electron chi connectivity index (χ2n) is 10.7. The Morgan fingerprint density at radius 3 is 2.36 bits per heavy atom. The highest BCUT2D eigenvalue weighted by Crippen LogP contribution is 2.37. The Labute approximate surface area is 248 Å². The van der Waals surface area contributed by atoms with Gasteiger partial charge in [0.25, 0.3) is 11.8 Å². The van der Waals surface area contributed by atoms with E-state index in [1.807, 2.05) is 55.1 Å². The van der Waals surface area contributed by atoms with Crippen molar-refractivity contribution in [2.24, 2.45) is 0 Å². The van der Waals surface area contributed by atoms with Gasteiger partial charge in [-0.05, 0) is 67.4 Å².